The summed E-state index contributed by atoms with van der Waals surface area (Å²) in [6.07, 6.45) is 0.260. The number of hydrogen-bond donors (Lipinski definition) is 1. The lowest BCUT2D eigenvalue weighted by molar-refractivity contribution is -0.116. The Morgan fingerprint density at radius 3 is 2.30 bits per heavy atom. The van der Waals surface area contributed by atoms with E-state index in [0.717, 1.165) is 16.8 Å². The second-order valence-corrected chi connectivity index (χ2v) is 9.10. The monoisotopic (exact) mass is 421 g/mol. The number of benzene rings is 1. The first-order chi connectivity index (χ1) is 12.9. The molecule has 142 valence electrons. The number of carbonyl (C=O) groups is 2. The maximum atomic E-state index is 12.8. The summed E-state index contributed by atoms with van der Waals surface area (Å²) in [5.41, 5.74) is 8.03. The Kier molecular flexibility index (Phi) is 8.09. The van der Waals surface area contributed by atoms with Gasteiger partial charge >= 0.3 is 0 Å². The van der Waals surface area contributed by atoms with E-state index < -0.39 is 5.91 Å². The van der Waals surface area contributed by atoms with Crippen LogP contribution in [-0.4, -0.2) is 40.1 Å². The lowest BCUT2D eigenvalue weighted by atomic mass is 10.1. The van der Waals surface area contributed by atoms with E-state index >= 15 is 0 Å². The summed E-state index contributed by atoms with van der Waals surface area (Å²) in [5, 5.41) is 16.9. The van der Waals surface area contributed by atoms with Gasteiger partial charge in [0.2, 0.25) is 11.8 Å². The van der Waals surface area contributed by atoms with E-state index in [1.54, 1.807) is 4.90 Å². The number of hydrogen-bond acceptors (Lipinski definition) is 8. The van der Waals surface area contributed by atoms with Crippen molar-refractivity contribution in [2.24, 2.45) is 5.73 Å². The van der Waals surface area contributed by atoms with E-state index in [2.05, 4.69) is 16.3 Å². The fourth-order valence-electron chi connectivity index (χ4n) is 2.31. The number of rotatable bonds is 9. The van der Waals surface area contributed by atoms with Gasteiger partial charge in [0.1, 0.15) is 0 Å². The molecule has 1 aromatic heterocycles. The van der Waals surface area contributed by atoms with Crippen molar-refractivity contribution in [3.63, 3.8) is 0 Å². The topological polar surface area (TPSA) is 113 Å². The van der Waals surface area contributed by atoms with Crippen LogP contribution < -0.4 is 10.6 Å². The largest absolute Gasteiger partial charge is 0.369 e. The Balaban J connectivity index is 2.03. The highest BCUT2D eigenvalue weighted by Gasteiger charge is 2.18. The van der Waals surface area contributed by atoms with E-state index in [-0.39, 0.29) is 23.8 Å². The van der Waals surface area contributed by atoms with Gasteiger partial charge in [0.05, 0.1) is 24.0 Å². The van der Waals surface area contributed by atoms with Gasteiger partial charge in [0.25, 0.3) is 0 Å². The molecule has 0 fully saturated rings. The zero-order chi connectivity index (χ0) is 19.8. The van der Waals surface area contributed by atoms with Gasteiger partial charge in [-0.25, -0.2) is 0 Å². The molecule has 0 saturated heterocycles. The predicted molar refractivity (Wildman–Crippen MR) is 109 cm³/mol. The average molecular weight is 422 g/mol. The Morgan fingerprint density at radius 2 is 1.74 bits per heavy atom. The van der Waals surface area contributed by atoms with Crippen LogP contribution in [0, 0.1) is 25.2 Å². The Hall–Kier alpha value is -2.09. The van der Waals surface area contributed by atoms with Gasteiger partial charge in [0, 0.05) is 12.2 Å². The molecule has 0 spiro atoms. The number of nitrogens with two attached hydrogens (primary N) is 1. The average Bonchev–Trinajstić information content (AvgIpc) is 3.05. The first-order valence-electron chi connectivity index (χ1n) is 8.02. The maximum Gasteiger partial charge on any atom is 0.237 e. The van der Waals surface area contributed by atoms with Gasteiger partial charge in [-0.15, -0.1) is 10.2 Å². The third-order valence-electron chi connectivity index (χ3n) is 3.31. The maximum absolute atomic E-state index is 12.8. The third-order valence-corrected chi connectivity index (χ3v) is 6.51. The lowest BCUT2D eigenvalue weighted by Crippen LogP contribution is -2.33. The molecule has 10 heteroatoms. The van der Waals surface area contributed by atoms with Crippen LogP contribution in [-0.2, 0) is 9.59 Å². The molecule has 0 aliphatic carbocycles. The fourth-order valence-corrected chi connectivity index (χ4v) is 4.95. The van der Waals surface area contributed by atoms with Crippen LogP contribution in [0.15, 0.2) is 26.9 Å². The molecule has 1 aromatic carbocycles. The van der Waals surface area contributed by atoms with Crippen molar-refractivity contribution in [3.8, 4) is 6.07 Å². The fraction of sp³-hybridized carbons (Fsp3) is 0.353. The molecular weight excluding hydrogens is 402 g/mol. The normalized spacial score (nSPS) is 10.4. The first kappa shape index (κ1) is 21.2. The highest BCUT2D eigenvalue weighted by molar-refractivity contribution is 8.03. The molecule has 2 aromatic rings. The van der Waals surface area contributed by atoms with Crippen molar-refractivity contribution in [1.82, 2.24) is 10.2 Å². The summed E-state index contributed by atoms with van der Waals surface area (Å²) in [4.78, 5) is 25.2. The minimum atomic E-state index is -0.416. The number of carbonyl (C=O) groups excluding carboxylic acids is 2. The van der Waals surface area contributed by atoms with Crippen LogP contribution >= 0.6 is 34.9 Å². The number of nitrogens with zero attached hydrogens (tertiary/aromatic N) is 4. The number of nitriles is 1. The standard InChI is InChI=1S/C17H19N5O2S3/c1-11-6-12(2)8-13(7-11)22(5-3-4-18)15(24)10-26-17-21-20-16(27-17)25-9-14(19)23/h6-8H,3,5,9-10H2,1-2H3,(H2,19,23). The summed E-state index contributed by atoms with van der Waals surface area (Å²) in [6.45, 7) is 4.30. The molecule has 2 N–H and O–H groups in total. The van der Waals surface area contributed by atoms with Crippen molar-refractivity contribution in [2.45, 2.75) is 28.9 Å². The Morgan fingerprint density at radius 1 is 1.15 bits per heavy atom. The van der Waals surface area contributed by atoms with Crippen molar-refractivity contribution in [2.75, 3.05) is 23.0 Å². The minimum Gasteiger partial charge on any atom is -0.369 e. The van der Waals surface area contributed by atoms with Gasteiger partial charge in [-0.1, -0.05) is 40.9 Å². The molecular formula is C17H19N5O2S3. The molecule has 0 bridgehead atoms. The van der Waals surface area contributed by atoms with Gasteiger partial charge in [-0.2, -0.15) is 5.26 Å². The highest BCUT2D eigenvalue weighted by atomic mass is 32.2. The second kappa shape index (κ2) is 10.3. The zero-order valence-corrected chi connectivity index (χ0v) is 17.4. The smallest absolute Gasteiger partial charge is 0.237 e. The van der Waals surface area contributed by atoms with Gasteiger partial charge in [-0.3, -0.25) is 9.59 Å². The van der Waals surface area contributed by atoms with Crippen LogP contribution in [0.3, 0.4) is 0 Å². The van der Waals surface area contributed by atoms with Crippen LogP contribution in [0.25, 0.3) is 0 Å². The molecule has 0 unspecified atom stereocenters. The SMILES string of the molecule is Cc1cc(C)cc(N(CCC#N)C(=O)CSc2nnc(SCC(N)=O)s2)c1. The summed E-state index contributed by atoms with van der Waals surface area (Å²) in [7, 11) is 0. The van der Waals surface area contributed by atoms with Crippen LogP contribution in [0.1, 0.15) is 17.5 Å². The molecule has 27 heavy (non-hydrogen) atoms. The molecule has 0 saturated carbocycles. The summed E-state index contributed by atoms with van der Waals surface area (Å²) >= 11 is 3.84. The van der Waals surface area contributed by atoms with Gasteiger partial charge in [0.15, 0.2) is 8.68 Å². The molecule has 1 heterocycles. The number of thioether (sulfide) groups is 2. The molecule has 0 atom stereocenters. The summed E-state index contributed by atoms with van der Waals surface area (Å²) in [5.74, 6) is -0.177. The van der Waals surface area contributed by atoms with E-state index in [1.165, 1.54) is 34.9 Å². The second-order valence-electron chi connectivity index (χ2n) is 5.68. The van der Waals surface area contributed by atoms with E-state index in [1.807, 2.05) is 32.0 Å². The van der Waals surface area contributed by atoms with Gasteiger partial charge < -0.3 is 10.6 Å². The minimum absolute atomic E-state index is 0.0956. The molecule has 7 nitrogen and oxygen atoms in total. The van der Waals surface area contributed by atoms with Crippen molar-refractivity contribution in [1.29, 1.82) is 5.26 Å². The number of aryl methyl sites for hydroxylation is 2. The van der Waals surface area contributed by atoms with E-state index in [9.17, 15) is 9.59 Å². The van der Waals surface area contributed by atoms with Gasteiger partial charge in [-0.05, 0) is 37.1 Å². The number of anilines is 1. The lowest BCUT2D eigenvalue weighted by Gasteiger charge is -2.22. The zero-order valence-electron chi connectivity index (χ0n) is 15.0. The van der Waals surface area contributed by atoms with Crippen LogP contribution in [0.5, 0.6) is 0 Å². The third kappa shape index (κ3) is 6.86. The quantitative estimate of drug-likeness (QED) is 0.619. The Labute approximate surface area is 170 Å². The summed E-state index contributed by atoms with van der Waals surface area (Å²) < 4.78 is 1.29. The summed E-state index contributed by atoms with van der Waals surface area (Å²) in [6, 6.07) is 8.01. The van der Waals surface area contributed by atoms with Crippen molar-refractivity contribution in [3.05, 3.63) is 29.3 Å². The number of amides is 2. The molecule has 0 aliphatic rings. The highest BCUT2D eigenvalue weighted by Crippen LogP contribution is 2.29. The van der Waals surface area contributed by atoms with Crippen molar-refractivity contribution >= 4 is 52.4 Å². The number of primary amides is 1. The molecule has 0 aliphatic heterocycles. The van der Waals surface area contributed by atoms with Crippen molar-refractivity contribution < 1.29 is 9.59 Å². The predicted octanol–water partition coefficient (Wildman–Crippen LogP) is 2.77. The van der Waals surface area contributed by atoms with E-state index in [4.69, 9.17) is 11.0 Å². The number of aromatic nitrogens is 2. The van der Waals surface area contributed by atoms with E-state index in [0.29, 0.717) is 15.2 Å². The molecule has 0 radical (unpaired) electrons. The Bertz CT molecular complexity index is 842. The first-order valence-corrected chi connectivity index (χ1v) is 10.8. The van der Waals surface area contributed by atoms with Crippen LogP contribution in [0.2, 0.25) is 0 Å². The molecule has 2 amide bonds. The molecule has 2 rings (SSSR count). The van der Waals surface area contributed by atoms with Crippen LogP contribution in [0.4, 0.5) is 5.69 Å².